The molecule has 0 aliphatic rings. The minimum absolute atomic E-state index is 0.244. The number of nitrogens with two attached hydrogens (primary N) is 1. The number of nitrogens with zero attached hydrogens (tertiary/aromatic N) is 2. The van der Waals surface area contributed by atoms with Crippen LogP contribution in [0.2, 0.25) is 0 Å². The Morgan fingerprint density at radius 2 is 2.42 bits per heavy atom. The molecule has 12 heavy (non-hydrogen) atoms. The van der Waals surface area contributed by atoms with Crippen molar-refractivity contribution in [1.82, 2.24) is 9.36 Å². The molecule has 0 radical (unpaired) electrons. The zero-order chi connectivity index (χ0) is 9.14. The fourth-order valence-electron chi connectivity index (χ4n) is 0.567. The highest BCUT2D eigenvalue weighted by Crippen LogP contribution is 2.09. The van der Waals surface area contributed by atoms with Crippen LogP contribution < -0.4 is 11.1 Å². The molecule has 1 aromatic heterocycles. The Bertz CT molecular complexity index is 283. The molecule has 0 fully saturated rings. The van der Waals surface area contributed by atoms with Crippen LogP contribution in [0.5, 0.6) is 0 Å². The molecule has 0 aliphatic carbocycles. The maximum absolute atomic E-state index is 11.0. The van der Waals surface area contributed by atoms with Crippen LogP contribution in [0.25, 0.3) is 0 Å². The molecule has 1 atom stereocenters. The monoisotopic (exact) mass is 186 g/mol. The predicted molar refractivity (Wildman–Crippen MR) is 46.9 cm³/mol. The zero-order valence-corrected chi connectivity index (χ0v) is 7.68. The first-order valence-corrected chi connectivity index (χ1v) is 4.23. The molecule has 1 aromatic rings. The lowest BCUT2D eigenvalue weighted by atomic mass is 10.3. The highest BCUT2D eigenvalue weighted by atomic mass is 32.1. The van der Waals surface area contributed by atoms with Crippen LogP contribution in [0.4, 0.5) is 5.13 Å². The molecule has 6 heteroatoms. The van der Waals surface area contributed by atoms with Crippen LogP contribution in [0.1, 0.15) is 12.7 Å². The summed E-state index contributed by atoms with van der Waals surface area (Å²) >= 11 is 1.15. The molecule has 0 aliphatic heterocycles. The van der Waals surface area contributed by atoms with Crippen molar-refractivity contribution in [2.24, 2.45) is 5.73 Å². The van der Waals surface area contributed by atoms with Gasteiger partial charge in [-0.05, 0) is 13.8 Å². The van der Waals surface area contributed by atoms with Crippen molar-refractivity contribution in [3.05, 3.63) is 5.82 Å². The summed E-state index contributed by atoms with van der Waals surface area (Å²) in [4.78, 5) is 15.0. The first-order valence-electron chi connectivity index (χ1n) is 3.46. The maximum atomic E-state index is 11.0. The fraction of sp³-hybridized carbons (Fsp3) is 0.500. The molecule has 3 N–H and O–H groups in total. The van der Waals surface area contributed by atoms with Gasteiger partial charge in [0.25, 0.3) is 0 Å². The van der Waals surface area contributed by atoms with Crippen molar-refractivity contribution in [2.75, 3.05) is 5.32 Å². The molecule has 66 valence electrons. The van der Waals surface area contributed by atoms with E-state index in [9.17, 15) is 4.79 Å². The average molecular weight is 186 g/mol. The van der Waals surface area contributed by atoms with E-state index in [0.717, 1.165) is 11.5 Å². The van der Waals surface area contributed by atoms with Gasteiger partial charge in [-0.1, -0.05) is 0 Å². The first kappa shape index (κ1) is 9.08. The number of carbonyl (C=O) groups is 1. The highest BCUT2D eigenvalue weighted by Gasteiger charge is 2.09. The van der Waals surface area contributed by atoms with Gasteiger partial charge in [0, 0.05) is 11.5 Å². The number of aromatic nitrogens is 2. The van der Waals surface area contributed by atoms with Crippen molar-refractivity contribution >= 4 is 22.6 Å². The summed E-state index contributed by atoms with van der Waals surface area (Å²) < 4.78 is 3.90. The average Bonchev–Trinajstić information content (AvgIpc) is 2.35. The first-order chi connectivity index (χ1) is 5.59. The lowest BCUT2D eigenvalue weighted by Crippen LogP contribution is -2.32. The Morgan fingerprint density at radius 3 is 2.83 bits per heavy atom. The van der Waals surface area contributed by atoms with Crippen LogP contribution in [0.3, 0.4) is 0 Å². The number of aryl methyl sites for hydroxylation is 1. The van der Waals surface area contributed by atoms with Gasteiger partial charge in [-0.3, -0.25) is 10.1 Å². The van der Waals surface area contributed by atoms with E-state index in [4.69, 9.17) is 5.73 Å². The van der Waals surface area contributed by atoms with Gasteiger partial charge in [0.15, 0.2) is 0 Å². The Kier molecular flexibility index (Phi) is 2.72. The van der Waals surface area contributed by atoms with Gasteiger partial charge in [0.2, 0.25) is 11.0 Å². The van der Waals surface area contributed by atoms with Crippen molar-refractivity contribution in [1.29, 1.82) is 0 Å². The van der Waals surface area contributed by atoms with Crippen molar-refractivity contribution < 1.29 is 4.79 Å². The summed E-state index contributed by atoms with van der Waals surface area (Å²) in [6, 6.07) is -0.519. The second-order valence-corrected chi connectivity index (χ2v) is 3.18. The largest absolute Gasteiger partial charge is 0.320 e. The van der Waals surface area contributed by atoms with Crippen LogP contribution in [-0.2, 0) is 4.79 Å². The van der Waals surface area contributed by atoms with Gasteiger partial charge >= 0.3 is 0 Å². The molecule has 0 saturated heterocycles. The second kappa shape index (κ2) is 3.59. The normalized spacial score (nSPS) is 12.6. The number of carbonyl (C=O) groups excluding carboxylic acids is 1. The number of anilines is 1. The summed E-state index contributed by atoms with van der Waals surface area (Å²) in [5, 5.41) is 3.04. The van der Waals surface area contributed by atoms with Gasteiger partial charge in [0.05, 0.1) is 6.04 Å². The van der Waals surface area contributed by atoms with Crippen LogP contribution in [0.15, 0.2) is 0 Å². The second-order valence-electron chi connectivity index (χ2n) is 2.42. The Labute approximate surface area is 74.2 Å². The van der Waals surface area contributed by atoms with E-state index in [2.05, 4.69) is 14.7 Å². The molecule has 1 amide bonds. The summed E-state index contributed by atoms with van der Waals surface area (Å²) in [5.74, 6) is 0.408. The molecule has 1 rings (SSSR count). The van der Waals surface area contributed by atoms with Gasteiger partial charge in [-0.2, -0.15) is 4.37 Å². The summed E-state index contributed by atoms with van der Waals surface area (Å²) in [6.07, 6.45) is 0. The minimum Gasteiger partial charge on any atom is -0.320 e. The third kappa shape index (κ3) is 2.24. The predicted octanol–water partition coefficient (Wildman–Crippen LogP) is 0.132. The standard InChI is InChI=1S/C6H10N4OS/c1-3(7)5(11)9-6-8-4(2)10-12-6/h3H,7H2,1-2H3,(H,8,9,10,11)/t3-/m1/s1. The van der Waals surface area contributed by atoms with Crippen molar-refractivity contribution in [2.45, 2.75) is 19.9 Å². The minimum atomic E-state index is -0.519. The lowest BCUT2D eigenvalue weighted by Gasteiger charge is -2.02. The maximum Gasteiger partial charge on any atom is 0.242 e. The molecule has 0 saturated carbocycles. The summed E-state index contributed by atoms with van der Waals surface area (Å²) in [5.41, 5.74) is 5.33. The highest BCUT2D eigenvalue weighted by molar-refractivity contribution is 7.09. The third-order valence-electron chi connectivity index (χ3n) is 1.17. The van der Waals surface area contributed by atoms with E-state index in [-0.39, 0.29) is 5.91 Å². The molecule has 0 aromatic carbocycles. The Hall–Kier alpha value is -1.01. The number of amides is 1. The van der Waals surface area contributed by atoms with Gasteiger partial charge in [-0.25, -0.2) is 4.98 Å². The topological polar surface area (TPSA) is 80.9 Å². The summed E-state index contributed by atoms with van der Waals surface area (Å²) in [6.45, 7) is 3.38. The Morgan fingerprint density at radius 1 is 1.75 bits per heavy atom. The molecular formula is C6H10N4OS. The van der Waals surface area contributed by atoms with Crippen LogP contribution in [-0.4, -0.2) is 21.3 Å². The Balaban J connectivity index is 2.58. The SMILES string of the molecule is Cc1nsc(NC(=O)[C@@H](C)N)n1. The van der Waals surface area contributed by atoms with Gasteiger partial charge in [0.1, 0.15) is 5.82 Å². The van der Waals surface area contributed by atoms with Crippen LogP contribution in [0, 0.1) is 6.92 Å². The number of rotatable bonds is 2. The number of hydrogen-bond acceptors (Lipinski definition) is 5. The molecule has 5 nitrogen and oxygen atoms in total. The number of hydrogen-bond donors (Lipinski definition) is 2. The zero-order valence-electron chi connectivity index (χ0n) is 6.87. The van der Waals surface area contributed by atoms with Crippen molar-refractivity contribution in [3.63, 3.8) is 0 Å². The molecule has 1 heterocycles. The molecule has 0 spiro atoms. The van der Waals surface area contributed by atoms with E-state index in [0.29, 0.717) is 11.0 Å². The third-order valence-corrected chi connectivity index (χ3v) is 1.89. The molecular weight excluding hydrogens is 176 g/mol. The summed E-state index contributed by atoms with van der Waals surface area (Å²) in [7, 11) is 0. The molecule has 0 unspecified atom stereocenters. The fourth-order valence-corrected chi connectivity index (χ4v) is 1.15. The van der Waals surface area contributed by atoms with E-state index in [1.54, 1.807) is 13.8 Å². The van der Waals surface area contributed by atoms with E-state index < -0.39 is 6.04 Å². The van der Waals surface area contributed by atoms with Gasteiger partial charge in [-0.15, -0.1) is 0 Å². The van der Waals surface area contributed by atoms with E-state index in [1.807, 2.05) is 0 Å². The molecule has 0 bridgehead atoms. The smallest absolute Gasteiger partial charge is 0.242 e. The van der Waals surface area contributed by atoms with E-state index in [1.165, 1.54) is 0 Å². The quantitative estimate of drug-likeness (QED) is 0.688. The lowest BCUT2D eigenvalue weighted by molar-refractivity contribution is -0.117. The van der Waals surface area contributed by atoms with Crippen molar-refractivity contribution in [3.8, 4) is 0 Å². The van der Waals surface area contributed by atoms with Gasteiger partial charge < -0.3 is 5.73 Å². The van der Waals surface area contributed by atoms with E-state index >= 15 is 0 Å². The number of nitrogens with one attached hydrogen (secondary N) is 1. The van der Waals surface area contributed by atoms with Crippen LogP contribution >= 0.6 is 11.5 Å².